The summed E-state index contributed by atoms with van der Waals surface area (Å²) in [7, 11) is 0. The van der Waals surface area contributed by atoms with Gasteiger partial charge in [0.15, 0.2) is 0 Å². The van der Waals surface area contributed by atoms with Crippen molar-refractivity contribution >= 4 is 51.2 Å². The molecule has 0 saturated carbocycles. The molecule has 4 N–H and O–H groups in total. The van der Waals surface area contributed by atoms with Crippen molar-refractivity contribution in [2.45, 2.75) is 0 Å². The summed E-state index contributed by atoms with van der Waals surface area (Å²) < 4.78 is 27.7. The van der Waals surface area contributed by atoms with E-state index < -0.39 is 41.1 Å². The predicted octanol–water partition coefficient (Wildman–Crippen LogP) is 3.81. The molecule has 0 fully saturated rings. The summed E-state index contributed by atoms with van der Waals surface area (Å²) in [5.74, 6) is -4.25. The van der Waals surface area contributed by atoms with E-state index in [1.54, 1.807) is 0 Å². The fourth-order valence-corrected chi connectivity index (χ4v) is 3.17. The highest BCUT2D eigenvalue weighted by Gasteiger charge is 2.25. The first-order chi connectivity index (χ1) is 15.7. The van der Waals surface area contributed by atoms with Gasteiger partial charge in [0, 0.05) is 23.6 Å². The van der Waals surface area contributed by atoms with Crippen LogP contribution in [0.1, 0.15) is 20.7 Å². The highest BCUT2D eigenvalue weighted by atomic mass is 79.9. The Morgan fingerprint density at radius 1 is 0.970 bits per heavy atom. The predicted molar refractivity (Wildman–Crippen MR) is 118 cm³/mol. The fraction of sp³-hybridized carbons (Fsp3) is 0. The van der Waals surface area contributed by atoms with Gasteiger partial charge in [0.2, 0.25) is 0 Å². The van der Waals surface area contributed by atoms with E-state index in [9.17, 15) is 28.0 Å². The van der Waals surface area contributed by atoms with E-state index in [0.29, 0.717) is 4.47 Å². The lowest BCUT2D eigenvalue weighted by Crippen LogP contribution is -2.41. The van der Waals surface area contributed by atoms with E-state index in [1.165, 1.54) is 42.7 Å². The van der Waals surface area contributed by atoms with Crippen molar-refractivity contribution in [1.82, 2.24) is 10.3 Å². The van der Waals surface area contributed by atoms with Crippen LogP contribution in [0.25, 0.3) is 0 Å². The molecule has 12 heteroatoms. The standard InChI is InChI=1S/C21H14BrF2N5O4/c22-13-10-26-9-8-16(13)29(20(25)32)19(31)11-4-6-12(7-5-11)27-21(33)28-18(30)17-14(23)2-1-3-15(17)24/h1-10H,(H2,25,32)(H2,27,28,30,33). The summed E-state index contributed by atoms with van der Waals surface area (Å²) in [6, 6.07) is 7.44. The third kappa shape index (κ3) is 5.36. The molecule has 0 aliphatic rings. The number of primary amides is 1. The minimum atomic E-state index is -1.27. The lowest BCUT2D eigenvalue weighted by Gasteiger charge is -2.19. The Morgan fingerprint density at radius 3 is 2.18 bits per heavy atom. The second kappa shape index (κ2) is 9.96. The number of carbonyl (C=O) groups excluding carboxylic acids is 4. The Balaban J connectivity index is 1.71. The molecule has 168 valence electrons. The summed E-state index contributed by atoms with van der Waals surface area (Å²) in [5, 5.41) is 4.10. The van der Waals surface area contributed by atoms with Crippen molar-refractivity contribution in [1.29, 1.82) is 0 Å². The van der Waals surface area contributed by atoms with Crippen molar-refractivity contribution in [2.75, 3.05) is 10.2 Å². The number of nitrogens with two attached hydrogens (primary N) is 1. The number of nitrogens with zero attached hydrogens (tertiary/aromatic N) is 2. The number of halogens is 3. The molecule has 6 amide bonds. The van der Waals surface area contributed by atoms with Gasteiger partial charge >= 0.3 is 12.1 Å². The van der Waals surface area contributed by atoms with Crippen molar-refractivity contribution in [2.24, 2.45) is 5.73 Å². The average Bonchev–Trinajstić information content (AvgIpc) is 2.75. The summed E-state index contributed by atoms with van der Waals surface area (Å²) in [5.41, 5.74) is 4.86. The maximum absolute atomic E-state index is 13.7. The maximum atomic E-state index is 13.7. The number of imide groups is 2. The van der Waals surface area contributed by atoms with Crippen LogP contribution in [0.3, 0.4) is 0 Å². The zero-order valence-corrected chi connectivity index (χ0v) is 18.1. The molecule has 0 saturated heterocycles. The van der Waals surface area contributed by atoms with Gasteiger partial charge < -0.3 is 11.1 Å². The van der Waals surface area contributed by atoms with Crippen molar-refractivity contribution in [3.63, 3.8) is 0 Å². The zero-order valence-electron chi connectivity index (χ0n) is 16.5. The van der Waals surface area contributed by atoms with Crippen LogP contribution in [0.15, 0.2) is 65.4 Å². The smallest absolute Gasteiger partial charge is 0.326 e. The molecule has 2 aromatic carbocycles. The summed E-state index contributed by atoms with van der Waals surface area (Å²) >= 11 is 3.20. The van der Waals surface area contributed by atoms with E-state index in [2.05, 4.69) is 26.2 Å². The van der Waals surface area contributed by atoms with E-state index in [4.69, 9.17) is 5.73 Å². The Labute approximate surface area is 193 Å². The van der Waals surface area contributed by atoms with Crippen LogP contribution in [0.2, 0.25) is 0 Å². The second-order valence-electron chi connectivity index (χ2n) is 6.39. The first-order valence-electron chi connectivity index (χ1n) is 9.09. The molecule has 0 radical (unpaired) electrons. The van der Waals surface area contributed by atoms with Crippen LogP contribution in [0.4, 0.5) is 29.7 Å². The molecule has 9 nitrogen and oxygen atoms in total. The quantitative estimate of drug-likeness (QED) is 0.483. The van der Waals surface area contributed by atoms with Gasteiger partial charge in [0.25, 0.3) is 11.8 Å². The van der Waals surface area contributed by atoms with Crippen molar-refractivity contribution < 1.29 is 28.0 Å². The second-order valence-corrected chi connectivity index (χ2v) is 7.24. The van der Waals surface area contributed by atoms with E-state index >= 15 is 0 Å². The number of pyridine rings is 1. The number of hydrogen-bond acceptors (Lipinski definition) is 5. The Bertz CT molecular complexity index is 1230. The van der Waals surface area contributed by atoms with Gasteiger partial charge in [-0.15, -0.1) is 0 Å². The van der Waals surface area contributed by atoms with Gasteiger partial charge in [-0.1, -0.05) is 6.07 Å². The van der Waals surface area contributed by atoms with Crippen LogP contribution >= 0.6 is 15.9 Å². The zero-order chi connectivity index (χ0) is 24.1. The lowest BCUT2D eigenvalue weighted by atomic mass is 10.1. The number of hydrogen-bond donors (Lipinski definition) is 3. The summed E-state index contributed by atoms with van der Waals surface area (Å²) in [6.07, 6.45) is 2.77. The number of rotatable bonds is 4. The molecule has 0 spiro atoms. The van der Waals surface area contributed by atoms with Gasteiger partial charge in [-0.3, -0.25) is 19.9 Å². The normalized spacial score (nSPS) is 10.3. The largest absolute Gasteiger partial charge is 0.351 e. The highest BCUT2D eigenvalue weighted by molar-refractivity contribution is 9.10. The lowest BCUT2D eigenvalue weighted by molar-refractivity contribution is 0.0956. The van der Waals surface area contributed by atoms with Gasteiger partial charge in [-0.25, -0.2) is 23.3 Å². The molecule has 3 rings (SSSR count). The van der Waals surface area contributed by atoms with Crippen LogP contribution in [-0.2, 0) is 0 Å². The summed E-state index contributed by atoms with van der Waals surface area (Å²) in [4.78, 5) is 53.3. The Hall–Kier alpha value is -4.19. The molecule has 0 aliphatic carbocycles. The molecular formula is C21H14BrF2N5O4. The number of aromatic nitrogens is 1. The summed E-state index contributed by atoms with van der Waals surface area (Å²) in [6.45, 7) is 0. The number of carbonyl (C=O) groups is 4. The molecule has 0 bridgehead atoms. The van der Waals surface area contributed by atoms with Gasteiger partial charge in [0.1, 0.15) is 17.2 Å². The van der Waals surface area contributed by atoms with Gasteiger partial charge in [0.05, 0.1) is 10.2 Å². The van der Waals surface area contributed by atoms with Gasteiger partial charge in [-0.05, 0) is 58.4 Å². The number of anilines is 2. The van der Waals surface area contributed by atoms with Crippen molar-refractivity contribution in [3.8, 4) is 0 Å². The topological polar surface area (TPSA) is 134 Å². The first kappa shape index (κ1) is 23.5. The van der Waals surface area contributed by atoms with Crippen LogP contribution in [-0.4, -0.2) is 28.9 Å². The van der Waals surface area contributed by atoms with E-state index in [-0.39, 0.29) is 16.9 Å². The first-order valence-corrected chi connectivity index (χ1v) is 9.88. The van der Waals surface area contributed by atoms with Crippen LogP contribution in [0, 0.1) is 11.6 Å². The fourth-order valence-electron chi connectivity index (χ4n) is 2.75. The molecule has 3 aromatic rings. The molecule has 1 heterocycles. The number of urea groups is 2. The third-order valence-electron chi connectivity index (χ3n) is 4.22. The van der Waals surface area contributed by atoms with Crippen LogP contribution in [0.5, 0.6) is 0 Å². The molecule has 0 unspecified atom stereocenters. The minimum absolute atomic E-state index is 0.0629. The Morgan fingerprint density at radius 2 is 1.61 bits per heavy atom. The Kier molecular flexibility index (Phi) is 7.08. The van der Waals surface area contributed by atoms with Gasteiger partial charge in [-0.2, -0.15) is 0 Å². The molecule has 33 heavy (non-hydrogen) atoms. The van der Waals surface area contributed by atoms with E-state index in [1.807, 2.05) is 5.32 Å². The molecule has 0 aliphatic heterocycles. The minimum Gasteiger partial charge on any atom is -0.351 e. The number of benzene rings is 2. The average molecular weight is 518 g/mol. The van der Waals surface area contributed by atoms with Crippen LogP contribution < -0.4 is 21.3 Å². The van der Waals surface area contributed by atoms with Crippen molar-refractivity contribution in [3.05, 3.63) is 88.2 Å². The number of amides is 6. The SMILES string of the molecule is NC(=O)N(C(=O)c1ccc(NC(=O)NC(=O)c2c(F)cccc2F)cc1)c1ccncc1Br. The third-order valence-corrected chi connectivity index (χ3v) is 4.83. The molecule has 0 atom stereocenters. The van der Waals surface area contributed by atoms with E-state index in [0.717, 1.165) is 23.1 Å². The molecule has 1 aromatic heterocycles. The molecular weight excluding hydrogens is 504 g/mol. The maximum Gasteiger partial charge on any atom is 0.326 e. The number of nitrogens with one attached hydrogen (secondary N) is 2. The highest BCUT2D eigenvalue weighted by Crippen LogP contribution is 2.26. The monoisotopic (exact) mass is 517 g/mol.